The van der Waals surface area contributed by atoms with Gasteiger partial charge < -0.3 is 5.32 Å². The summed E-state index contributed by atoms with van der Waals surface area (Å²) in [6.07, 6.45) is 3.52. The van der Waals surface area contributed by atoms with Crippen molar-refractivity contribution in [3.8, 4) is 0 Å². The van der Waals surface area contributed by atoms with E-state index in [0.717, 1.165) is 17.7 Å². The normalized spacial score (nSPS) is 13.6. The summed E-state index contributed by atoms with van der Waals surface area (Å²) in [5.74, 6) is -0.950. The van der Waals surface area contributed by atoms with E-state index < -0.39 is 5.91 Å². The molecule has 0 aromatic carbocycles. The summed E-state index contributed by atoms with van der Waals surface area (Å²) in [6, 6.07) is 3.19. The van der Waals surface area contributed by atoms with E-state index in [1.165, 1.54) is 6.20 Å². The van der Waals surface area contributed by atoms with E-state index in [1.54, 1.807) is 12.1 Å². The molecule has 6 heteroatoms. The van der Waals surface area contributed by atoms with Crippen LogP contribution in [0.2, 0.25) is 0 Å². The lowest BCUT2D eigenvalue weighted by molar-refractivity contribution is -0.121. The van der Waals surface area contributed by atoms with Crippen LogP contribution in [0.25, 0.3) is 0 Å². The molecule has 106 valence electrons. The first-order valence-corrected chi connectivity index (χ1v) is 6.73. The number of amides is 3. The first-order valence-electron chi connectivity index (χ1n) is 6.73. The van der Waals surface area contributed by atoms with E-state index in [0.29, 0.717) is 12.1 Å². The quantitative estimate of drug-likeness (QED) is 0.620. The molecule has 1 aliphatic rings. The van der Waals surface area contributed by atoms with Gasteiger partial charge in [-0.25, -0.2) is 0 Å². The van der Waals surface area contributed by atoms with E-state index in [4.69, 9.17) is 0 Å². The number of aromatic nitrogens is 1. The minimum Gasteiger partial charge on any atom is -0.356 e. The number of carbonyl (C=O) groups is 3. The molecule has 3 amide bonds. The van der Waals surface area contributed by atoms with Crippen molar-refractivity contribution in [1.82, 2.24) is 15.2 Å². The van der Waals surface area contributed by atoms with Gasteiger partial charge in [0.05, 0.1) is 5.56 Å². The third-order valence-corrected chi connectivity index (χ3v) is 3.15. The van der Waals surface area contributed by atoms with Crippen molar-refractivity contribution in [3.63, 3.8) is 0 Å². The van der Waals surface area contributed by atoms with Gasteiger partial charge in [-0.15, -0.1) is 0 Å². The highest BCUT2D eigenvalue weighted by Gasteiger charge is 2.36. The predicted molar refractivity (Wildman–Crippen MR) is 72.1 cm³/mol. The van der Waals surface area contributed by atoms with Gasteiger partial charge in [0.25, 0.3) is 11.8 Å². The Labute approximate surface area is 117 Å². The second kappa shape index (κ2) is 6.27. The molecule has 0 spiro atoms. The molecule has 1 aromatic rings. The molecule has 1 aromatic heterocycles. The molecule has 0 atom stereocenters. The second-order valence-electron chi connectivity index (χ2n) is 4.62. The molecule has 20 heavy (non-hydrogen) atoms. The SMILES string of the molecule is CCCCNC(=O)CCN1C(=O)c2cccnc2C1=O. The minimum atomic E-state index is -0.424. The standard InChI is InChI=1S/C14H17N3O3/c1-2-3-7-15-11(18)6-9-17-13(19)10-5-4-8-16-12(10)14(17)20/h4-5,8H,2-3,6-7,9H2,1H3,(H,15,18). The van der Waals surface area contributed by atoms with E-state index in [2.05, 4.69) is 10.3 Å². The first-order chi connectivity index (χ1) is 9.65. The van der Waals surface area contributed by atoms with Crippen molar-refractivity contribution < 1.29 is 14.4 Å². The molecule has 0 aliphatic carbocycles. The van der Waals surface area contributed by atoms with E-state index in [-0.39, 0.29) is 30.5 Å². The van der Waals surface area contributed by atoms with Crippen molar-refractivity contribution >= 4 is 17.7 Å². The van der Waals surface area contributed by atoms with E-state index in [9.17, 15) is 14.4 Å². The third kappa shape index (κ3) is 2.84. The molecule has 2 heterocycles. The van der Waals surface area contributed by atoms with Crippen LogP contribution in [0.15, 0.2) is 18.3 Å². The summed E-state index contributed by atoms with van der Waals surface area (Å²) in [7, 11) is 0. The number of fused-ring (bicyclic) bond motifs is 1. The summed E-state index contributed by atoms with van der Waals surface area (Å²) < 4.78 is 0. The van der Waals surface area contributed by atoms with Gasteiger partial charge in [-0.2, -0.15) is 0 Å². The zero-order chi connectivity index (χ0) is 14.5. The Kier molecular flexibility index (Phi) is 4.45. The maximum Gasteiger partial charge on any atom is 0.280 e. The predicted octanol–water partition coefficient (Wildman–Crippen LogP) is 0.984. The Hall–Kier alpha value is -2.24. The first kappa shape index (κ1) is 14.2. The summed E-state index contributed by atoms with van der Waals surface area (Å²) >= 11 is 0. The number of rotatable bonds is 6. The molecule has 0 saturated carbocycles. The van der Waals surface area contributed by atoms with Crippen LogP contribution in [0.5, 0.6) is 0 Å². The molecule has 0 unspecified atom stereocenters. The largest absolute Gasteiger partial charge is 0.356 e. The van der Waals surface area contributed by atoms with Gasteiger partial charge >= 0.3 is 0 Å². The lowest BCUT2D eigenvalue weighted by Crippen LogP contribution is -2.34. The lowest BCUT2D eigenvalue weighted by atomic mass is 10.2. The van der Waals surface area contributed by atoms with Gasteiger partial charge in [-0.05, 0) is 18.6 Å². The summed E-state index contributed by atoms with van der Waals surface area (Å²) in [4.78, 5) is 40.6. The summed E-state index contributed by atoms with van der Waals surface area (Å²) in [6.45, 7) is 2.75. The summed E-state index contributed by atoms with van der Waals surface area (Å²) in [5, 5.41) is 2.75. The van der Waals surface area contributed by atoms with Gasteiger partial charge in [-0.1, -0.05) is 13.3 Å². The molecule has 6 nitrogen and oxygen atoms in total. The average molecular weight is 275 g/mol. The molecule has 1 aliphatic heterocycles. The fraction of sp³-hybridized carbons (Fsp3) is 0.429. The highest BCUT2D eigenvalue weighted by molar-refractivity contribution is 6.20. The number of unbranched alkanes of at least 4 members (excludes halogenated alkanes) is 1. The Bertz CT molecular complexity index is 507. The highest BCUT2D eigenvalue weighted by Crippen LogP contribution is 2.20. The minimum absolute atomic E-state index is 0.0893. The summed E-state index contributed by atoms with van der Waals surface area (Å²) in [5.41, 5.74) is 0.479. The molecule has 0 radical (unpaired) electrons. The van der Waals surface area contributed by atoms with Crippen LogP contribution in [0, 0.1) is 0 Å². The number of nitrogens with one attached hydrogen (secondary N) is 1. The number of pyridine rings is 1. The maximum absolute atomic E-state index is 12.0. The molecule has 2 rings (SSSR count). The van der Waals surface area contributed by atoms with Gasteiger partial charge in [-0.3, -0.25) is 24.3 Å². The van der Waals surface area contributed by atoms with Crippen molar-refractivity contribution in [2.75, 3.05) is 13.1 Å². The van der Waals surface area contributed by atoms with Crippen LogP contribution in [-0.4, -0.2) is 40.7 Å². The number of imide groups is 1. The number of hydrogen-bond donors (Lipinski definition) is 1. The van der Waals surface area contributed by atoms with Crippen LogP contribution < -0.4 is 5.32 Å². The second-order valence-corrected chi connectivity index (χ2v) is 4.62. The number of nitrogens with zero attached hydrogens (tertiary/aromatic N) is 2. The zero-order valence-corrected chi connectivity index (χ0v) is 11.4. The smallest absolute Gasteiger partial charge is 0.280 e. The Morgan fingerprint density at radius 3 is 2.85 bits per heavy atom. The van der Waals surface area contributed by atoms with Gasteiger partial charge in [0, 0.05) is 25.7 Å². The topological polar surface area (TPSA) is 79.4 Å². The zero-order valence-electron chi connectivity index (χ0n) is 11.4. The molecular formula is C14H17N3O3. The molecular weight excluding hydrogens is 258 g/mol. The van der Waals surface area contributed by atoms with Crippen molar-refractivity contribution in [1.29, 1.82) is 0 Å². The average Bonchev–Trinajstić information content (AvgIpc) is 2.70. The monoisotopic (exact) mass is 275 g/mol. The van der Waals surface area contributed by atoms with Crippen molar-refractivity contribution in [2.24, 2.45) is 0 Å². The fourth-order valence-corrected chi connectivity index (χ4v) is 2.02. The van der Waals surface area contributed by atoms with E-state index >= 15 is 0 Å². The van der Waals surface area contributed by atoms with Crippen LogP contribution in [0.3, 0.4) is 0 Å². The van der Waals surface area contributed by atoms with Gasteiger partial charge in [0.1, 0.15) is 5.69 Å². The Morgan fingerprint density at radius 1 is 1.35 bits per heavy atom. The van der Waals surface area contributed by atoms with Crippen molar-refractivity contribution in [2.45, 2.75) is 26.2 Å². The van der Waals surface area contributed by atoms with E-state index in [1.807, 2.05) is 6.92 Å². The Balaban J connectivity index is 1.91. The lowest BCUT2D eigenvalue weighted by Gasteiger charge is -2.13. The van der Waals surface area contributed by atoms with Crippen LogP contribution in [0.4, 0.5) is 0 Å². The third-order valence-electron chi connectivity index (χ3n) is 3.15. The van der Waals surface area contributed by atoms with Crippen LogP contribution in [-0.2, 0) is 4.79 Å². The Morgan fingerprint density at radius 2 is 2.15 bits per heavy atom. The van der Waals surface area contributed by atoms with Gasteiger partial charge in [0.15, 0.2) is 0 Å². The number of hydrogen-bond acceptors (Lipinski definition) is 4. The van der Waals surface area contributed by atoms with Gasteiger partial charge in [0.2, 0.25) is 5.91 Å². The molecule has 0 fully saturated rings. The highest BCUT2D eigenvalue weighted by atomic mass is 16.2. The van der Waals surface area contributed by atoms with Crippen LogP contribution >= 0.6 is 0 Å². The molecule has 0 bridgehead atoms. The molecule has 0 saturated heterocycles. The molecule has 1 N–H and O–H groups in total. The fourth-order valence-electron chi connectivity index (χ4n) is 2.02. The van der Waals surface area contributed by atoms with Crippen LogP contribution in [0.1, 0.15) is 47.0 Å². The maximum atomic E-state index is 12.0. The number of carbonyl (C=O) groups excluding carboxylic acids is 3. The van der Waals surface area contributed by atoms with Crippen molar-refractivity contribution in [3.05, 3.63) is 29.6 Å².